The maximum Gasteiger partial charge on any atom is 0.265 e. The molecule has 5 nitrogen and oxygen atoms in total. The lowest BCUT2D eigenvalue weighted by Crippen LogP contribution is -2.10. The minimum absolute atomic E-state index is 0.118. The minimum atomic E-state index is -0.118. The SMILES string of the molecule is Cc1cc(C)c(OCc2csc(C(=O)Nc3ccc(Cn4cc(Br)cn4)cc3)c2)c(C)c1. The number of anilines is 1. The molecule has 1 amide bonds. The first-order valence-corrected chi connectivity index (χ1v) is 11.9. The van der Waals surface area contributed by atoms with E-state index in [9.17, 15) is 4.79 Å². The fourth-order valence-electron chi connectivity index (χ4n) is 3.62. The van der Waals surface area contributed by atoms with Crippen LogP contribution in [0.3, 0.4) is 0 Å². The summed E-state index contributed by atoms with van der Waals surface area (Å²) in [6.07, 6.45) is 3.69. The quantitative estimate of drug-likeness (QED) is 0.308. The first kappa shape index (κ1) is 22.3. The van der Waals surface area contributed by atoms with Crippen molar-refractivity contribution in [1.82, 2.24) is 9.78 Å². The van der Waals surface area contributed by atoms with Crippen LogP contribution in [0.2, 0.25) is 0 Å². The van der Waals surface area contributed by atoms with Crippen LogP contribution in [0.25, 0.3) is 0 Å². The summed E-state index contributed by atoms with van der Waals surface area (Å²) in [6, 6.07) is 13.9. The molecule has 0 fully saturated rings. The molecule has 0 aliphatic carbocycles. The molecule has 0 aliphatic heterocycles. The predicted molar refractivity (Wildman–Crippen MR) is 133 cm³/mol. The Morgan fingerprint density at radius 1 is 1.09 bits per heavy atom. The van der Waals surface area contributed by atoms with E-state index in [2.05, 4.69) is 59.2 Å². The van der Waals surface area contributed by atoms with E-state index < -0.39 is 0 Å². The average molecular weight is 510 g/mol. The monoisotopic (exact) mass is 509 g/mol. The van der Waals surface area contributed by atoms with Gasteiger partial charge in [0.15, 0.2) is 0 Å². The van der Waals surface area contributed by atoms with Crippen LogP contribution >= 0.6 is 27.3 Å². The zero-order chi connectivity index (χ0) is 22.7. The maximum atomic E-state index is 12.7. The molecule has 2 aromatic carbocycles. The minimum Gasteiger partial charge on any atom is -0.488 e. The number of thiophene rings is 1. The van der Waals surface area contributed by atoms with Gasteiger partial charge in [-0.3, -0.25) is 9.48 Å². The van der Waals surface area contributed by atoms with Gasteiger partial charge in [-0.15, -0.1) is 11.3 Å². The number of halogens is 1. The topological polar surface area (TPSA) is 56.1 Å². The number of carbonyl (C=O) groups excluding carboxylic acids is 1. The molecular weight excluding hydrogens is 486 g/mol. The second kappa shape index (κ2) is 9.71. The Kier molecular flexibility index (Phi) is 6.77. The van der Waals surface area contributed by atoms with Gasteiger partial charge in [-0.2, -0.15) is 5.10 Å². The van der Waals surface area contributed by atoms with Crippen molar-refractivity contribution in [3.05, 3.63) is 97.4 Å². The highest BCUT2D eigenvalue weighted by Gasteiger charge is 2.11. The lowest BCUT2D eigenvalue weighted by Gasteiger charge is -2.12. The molecular formula is C25H24BrN3O2S. The van der Waals surface area contributed by atoms with Gasteiger partial charge in [0, 0.05) is 17.4 Å². The van der Waals surface area contributed by atoms with Gasteiger partial charge >= 0.3 is 0 Å². The average Bonchev–Trinajstić information content (AvgIpc) is 3.38. The molecule has 4 rings (SSSR count). The Hall–Kier alpha value is -2.90. The number of nitrogens with zero attached hydrogens (tertiary/aromatic N) is 2. The van der Waals surface area contributed by atoms with Gasteiger partial charge in [-0.1, -0.05) is 29.8 Å². The van der Waals surface area contributed by atoms with Crippen molar-refractivity contribution in [1.29, 1.82) is 0 Å². The molecule has 0 bridgehead atoms. The summed E-state index contributed by atoms with van der Waals surface area (Å²) in [5.41, 5.74) is 6.33. The second-order valence-electron chi connectivity index (χ2n) is 7.84. The van der Waals surface area contributed by atoms with Crippen molar-refractivity contribution in [3.8, 4) is 5.75 Å². The predicted octanol–water partition coefficient (Wildman–Crippen LogP) is 6.51. The number of benzene rings is 2. The molecule has 0 saturated carbocycles. The Morgan fingerprint density at radius 2 is 1.81 bits per heavy atom. The summed E-state index contributed by atoms with van der Waals surface area (Å²) in [6.45, 7) is 7.31. The normalized spacial score (nSPS) is 10.9. The van der Waals surface area contributed by atoms with Crippen LogP contribution in [0.1, 0.15) is 37.5 Å². The van der Waals surface area contributed by atoms with E-state index in [4.69, 9.17) is 4.74 Å². The van der Waals surface area contributed by atoms with Crippen molar-refractivity contribution < 1.29 is 9.53 Å². The second-order valence-corrected chi connectivity index (χ2v) is 9.67. The molecule has 0 spiro atoms. The van der Waals surface area contributed by atoms with Crippen LogP contribution in [-0.4, -0.2) is 15.7 Å². The van der Waals surface area contributed by atoms with Crippen LogP contribution < -0.4 is 10.1 Å². The fraction of sp³-hybridized carbons (Fsp3) is 0.200. The largest absolute Gasteiger partial charge is 0.488 e. The Labute approximate surface area is 200 Å². The van der Waals surface area contributed by atoms with Gasteiger partial charge < -0.3 is 10.1 Å². The van der Waals surface area contributed by atoms with Gasteiger partial charge in [0.25, 0.3) is 5.91 Å². The van der Waals surface area contributed by atoms with E-state index in [0.717, 1.165) is 38.2 Å². The third-order valence-corrected chi connectivity index (χ3v) is 6.41. The molecule has 0 aliphatic rings. The number of aryl methyl sites for hydroxylation is 3. The molecule has 2 heterocycles. The summed E-state index contributed by atoms with van der Waals surface area (Å²) < 4.78 is 8.85. The maximum absolute atomic E-state index is 12.7. The number of aromatic nitrogens is 2. The molecule has 1 N–H and O–H groups in total. The molecule has 0 unspecified atom stereocenters. The summed E-state index contributed by atoms with van der Waals surface area (Å²) in [4.78, 5) is 13.3. The van der Waals surface area contributed by atoms with E-state index >= 15 is 0 Å². The standard InChI is InChI=1S/C25H24BrN3O2S/c1-16-8-17(2)24(18(3)9-16)31-14-20-10-23(32-15-20)25(30)28-22-6-4-19(5-7-22)12-29-13-21(26)11-27-29/h4-11,13,15H,12,14H2,1-3H3,(H,28,30). The highest BCUT2D eigenvalue weighted by atomic mass is 79.9. The van der Waals surface area contributed by atoms with Crippen molar-refractivity contribution >= 4 is 38.9 Å². The Balaban J connectivity index is 1.34. The number of amides is 1. The lowest BCUT2D eigenvalue weighted by atomic mass is 10.1. The summed E-state index contributed by atoms with van der Waals surface area (Å²) in [5.74, 6) is 0.795. The molecule has 0 atom stereocenters. The van der Waals surface area contributed by atoms with Crippen molar-refractivity contribution in [2.24, 2.45) is 0 Å². The van der Waals surface area contributed by atoms with Gasteiger partial charge in [0.1, 0.15) is 12.4 Å². The van der Waals surface area contributed by atoms with Crippen molar-refractivity contribution in [3.63, 3.8) is 0 Å². The highest BCUT2D eigenvalue weighted by Crippen LogP contribution is 2.26. The van der Waals surface area contributed by atoms with Crippen LogP contribution in [0.5, 0.6) is 5.75 Å². The van der Waals surface area contributed by atoms with E-state index in [0.29, 0.717) is 18.0 Å². The van der Waals surface area contributed by atoms with Crippen LogP contribution in [0, 0.1) is 20.8 Å². The van der Waals surface area contributed by atoms with Crippen LogP contribution in [0.15, 0.2) is 64.7 Å². The smallest absolute Gasteiger partial charge is 0.265 e. The van der Waals surface area contributed by atoms with E-state index in [-0.39, 0.29) is 5.91 Å². The molecule has 2 aromatic heterocycles. The van der Waals surface area contributed by atoms with Gasteiger partial charge in [0.2, 0.25) is 0 Å². The number of rotatable bonds is 7. The summed E-state index contributed by atoms with van der Waals surface area (Å²) >= 11 is 4.82. The molecule has 164 valence electrons. The van der Waals surface area contributed by atoms with Gasteiger partial charge in [-0.05, 0) is 77.0 Å². The highest BCUT2D eigenvalue weighted by molar-refractivity contribution is 9.10. The number of carbonyl (C=O) groups is 1. The van der Waals surface area contributed by atoms with E-state index in [1.807, 2.05) is 46.6 Å². The first-order chi connectivity index (χ1) is 15.4. The van der Waals surface area contributed by atoms with Gasteiger partial charge in [0.05, 0.1) is 22.1 Å². The molecule has 0 saturated heterocycles. The zero-order valence-corrected chi connectivity index (χ0v) is 20.6. The van der Waals surface area contributed by atoms with Crippen molar-refractivity contribution in [2.75, 3.05) is 5.32 Å². The van der Waals surface area contributed by atoms with Gasteiger partial charge in [-0.25, -0.2) is 0 Å². The number of nitrogens with one attached hydrogen (secondary N) is 1. The van der Waals surface area contributed by atoms with Crippen LogP contribution in [-0.2, 0) is 13.2 Å². The molecule has 4 aromatic rings. The Morgan fingerprint density at radius 3 is 2.47 bits per heavy atom. The van der Waals surface area contributed by atoms with Crippen LogP contribution in [0.4, 0.5) is 5.69 Å². The third-order valence-electron chi connectivity index (χ3n) is 5.02. The molecule has 32 heavy (non-hydrogen) atoms. The fourth-order valence-corrected chi connectivity index (χ4v) is 4.74. The number of hydrogen-bond donors (Lipinski definition) is 1. The number of ether oxygens (including phenoxy) is 1. The summed E-state index contributed by atoms with van der Waals surface area (Å²) in [7, 11) is 0. The first-order valence-electron chi connectivity index (χ1n) is 10.2. The van der Waals surface area contributed by atoms with E-state index in [1.54, 1.807) is 6.20 Å². The molecule has 0 radical (unpaired) electrons. The van der Waals surface area contributed by atoms with Crippen molar-refractivity contribution in [2.45, 2.75) is 33.9 Å². The zero-order valence-electron chi connectivity index (χ0n) is 18.2. The lowest BCUT2D eigenvalue weighted by molar-refractivity contribution is 0.103. The molecule has 7 heteroatoms. The Bertz CT molecular complexity index is 1220. The third kappa shape index (κ3) is 5.47. The summed E-state index contributed by atoms with van der Waals surface area (Å²) in [5, 5.41) is 9.20. The number of hydrogen-bond acceptors (Lipinski definition) is 4. The van der Waals surface area contributed by atoms with E-state index in [1.165, 1.54) is 16.9 Å².